The minimum atomic E-state index is 0.321. The SMILES string of the molecule is CC1CN(C(=O)CCCc2ccccc2)CCC1Br. The molecule has 0 aromatic heterocycles. The first kappa shape index (κ1) is 14.6. The summed E-state index contributed by atoms with van der Waals surface area (Å²) in [6.07, 6.45) is 3.70. The molecule has 1 amide bonds. The molecule has 1 aliphatic rings. The summed E-state index contributed by atoms with van der Waals surface area (Å²) in [4.78, 5) is 14.8. The lowest BCUT2D eigenvalue weighted by Gasteiger charge is -2.34. The Balaban J connectivity index is 1.73. The Labute approximate surface area is 124 Å². The zero-order valence-electron chi connectivity index (χ0n) is 11.5. The molecule has 0 saturated carbocycles. The Hall–Kier alpha value is -0.830. The van der Waals surface area contributed by atoms with Crippen molar-refractivity contribution in [1.29, 1.82) is 0 Å². The Morgan fingerprint density at radius 2 is 2.11 bits per heavy atom. The normalized spacial score (nSPS) is 23.4. The topological polar surface area (TPSA) is 20.3 Å². The molecule has 0 N–H and O–H groups in total. The van der Waals surface area contributed by atoms with Crippen molar-refractivity contribution in [3.05, 3.63) is 35.9 Å². The summed E-state index contributed by atoms with van der Waals surface area (Å²) < 4.78 is 0. The summed E-state index contributed by atoms with van der Waals surface area (Å²) in [6, 6.07) is 10.4. The monoisotopic (exact) mass is 323 g/mol. The molecule has 1 aliphatic heterocycles. The van der Waals surface area contributed by atoms with Gasteiger partial charge in [0, 0.05) is 24.3 Å². The largest absolute Gasteiger partial charge is 0.342 e. The van der Waals surface area contributed by atoms with E-state index >= 15 is 0 Å². The van der Waals surface area contributed by atoms with Crippen LogP contribution < -0.4 is 0 Å². The number of carbonyl (C=O) groups excluding carboxylic acids is 1. The standard InChI is InChI=1S/C16H22BrNO/c1-13-12-18(11-10-15(13)17)16(19)9-5-8-14-6-3-2-4-7-14/h2-4,6-7,13,15H,5,8-12H2,1H3. The number of likely N-dealkylation sites (tertiary alicyclic amines) is 1. The van der Waals surface area contributed by atoms with E-state index in [0.29, 0.717) is 23.1 Å². The van der Waals surface area contributed by atoms with Crippen LogP contribution in [0.1, 0.15) is 31.7 Å². The first-order valence-corrected chi connectivity index (χ1v) is 8.04. The summed E-state index contributed by atoms with van der Waals surface area (Å²) in [5.74, 6) is 0.883. The van der Waals surface area contributed by atoms with Gasteiger partial charge in [-0.15, -0.1) is 0 Å². The molecule has 0 radical (unpaired) electrons. The molecule has 1 aromatic rings. The number of hydrogen-bond donors (Lipinski definition) is 0. The third-order valence-electron chi connectivity index (χ3n) is 3.85. The lowest BCUT2D eigenvalue weighted by Crippen LogP contribution is -2.43. The summed E-state index contributed by atoms with van der Waals surface area (Å²) in [7, 11) is 0. The van der Waals surface area contributed by atoms with Crippen molar-refractivity contribution < 1.29 is 4.79 Å². The van der Waals surface area contributed by atoms with Gasteiger partial charge >= 0.3 is 0 Å². The molecule has 1 aromatic carbocycles. The number of nitrogens with zero attached hydrogens (tertiary/aromatic N) is 1. The van der Waals surface area contributed by atoms with Crippen molar-refractivity contribution in [3.8, 4) is 0 Å². The maximum Gasteiger partial charge on any atom is 0.222 e. The first-order valence-electron chi connectivity index (χ1n) is 7.12. The van der Waals surface area contributed by atoms with Crippen LogP contribution in [0.2, 0.25) is 0 Å². The van der Waals surface area contributed by atoms with E-state index in [1.165, 1.54) is 5.56 Å². The Morgan fingerprint density at radius 1 is 1.37 bits per heavy atom. The molecule has 0 aliphatic carbocycles. The summed E-state index contributed by atoms with van der Waals surface area (Å²) in [5.41, 5.74) is 1.32. The highest BCUT2D eigenvalue weighted by molar-refractivity contribution is 9.09. The molecular formula is C16H22BrNO. The molecule has 104 valence electrons. The third-order valence-corrected chi connectivity index (χ3v) is 5.21. The van der Waals surface area contributed by atoms with Crippen molar-refractivity contribution >= 4 is 21.8 Å². The van der Waals surface area contributed by atoms with E-state index in [9.17, 15) is 4.79 Å². The Kier molecular flexibility index (Phi) is 5.44. The molecule has 19 heavy (non-hydrogen) atoms. The molecule has 1 heterocycles. The van der Waals surface area contributed by atoms with E-state index in [4.69, 9.17) is 0 Å². The summed E-state index contributed by atoms with van der Waals surface area (Å²) in [5, 5.41) is 0. The van der Waals surface area contributed by atoms with E-state index in [1.54, 1.807) is 0 Å². The van der Waals surface area contributed by atoms with Gasteiger partial charge in [-0.3, -0.25) is 4.79 Å². The average molecular weight is 324 g/mol. The first-order chi connectivity index (χ1) is 9.16. The second kappa shape index (κ2) is 7.09. The van der Waals surface area contributed by atoms with Gasteiger partial charge in [0.05, 0.1) is 0 Å². The zero-order chi connectivity index (χ0) is 13.7. The summed E-state index contributed by atoms with van der Waals surface area (Å²) >= 11 is 3.68. The highest BCUT2D eigenvalue weighted by atomic mass is 79.9. The molecule has 2 nitrogen and oxygen atoms in total. The predicted molar refractivity (Wildman–Crippen MR) is 82.5 cm³/mol. The zero-order valence-corrected chi connectivity index (χ0v) is 13.1. The van der Waals surface area contributed by atoms with Crippen molar-refractivity contribution in [2.75, 3.05) is 13.1 Å². The fourth-order valence-corrected chi connectivity index (χ4v) is 2.96. The van der Waals surface area contributed by atoms with Gasteiger partial charge in [-0.05, 0) is 30.7 Å². The Bertz CT molecular complexity index is 406. The molecule has 1 saturated heterocycles. The molecule has 0 bridgehead atoms. The predicted octanol–water partition coefficient (Wildman–Crippen LogP) is 3.64. The van der Waals surface area contributed by atoms with Crippen LogP contribution in [0.5, 0.6) is 0 Å². The van der Waals surface area contributed by atoms with Crippen molar-refractivity contribution in [2.45, 2.75) is 37.4 Å². The minimum Gasteiger partial charge on any atom is -0.342 e. The quantitative estimate of drug-likeness (QED) is 0.775. The van der Waals surface area contributed by atoms with E-state index < -0.39 is 0 Å². The van der Waals surface area contributed by atoms with Gasteiger partial charge < -0.3 is 4.90 Å². The minimum absolute atomic E-state index is 0.321. The maximum atomic E-state index is 12.2. The number of carbonyl (C=O) groups is 1. The van der Waals surface area contributed by atoms with Gasteiger partial charge in [-0.2, -0.15) is 0 Å². The van der Waals surface area contributed by atoms with Crippen molar-refractivity contribution in [2.24, 2.45) is 5.92 Å². The van der Waals surface area contributed by atoms with Crippen LogP contribution in [0.25, 0.3) is 0 Å². The molecule has 2 unspecified atom stereocenters. The fourth-order valence-electron chi connectivity index (χ4n) is 2.59. The Morgan fingerprint density at radius 3 is 2.79 bits per heavy atom. The lowest BCUT2D eigenvalue weighted by atomic mass is 9.99. The van der Waals surface area contributed by atoms with Gasteiger partial charge in [0.1, 0.15) is 0 Å². The smallest absolute Gasteiger partial charge is 0.222 e. The van der Waals surface area contributed by atoms with Crippen LogP contribution in [0.15, 0.2) is 30.3 Å². The molecule has 3 heteroatoms. The number of aryl methyl sites for hydroxylation is 1. The number of amides is 1. The second-order valence-corrected chi connectivity index (χ2v) is 6.64. The average Bonchev–Trinajstić information content (AvgIpc) is 2.43. The van der Waals surface area contributed by atoms with Gasteiger partial charge in [-0.1, -0.05) is 53.2 Å². The van der Waals surface area contributed by atoms with E-state index in [2.05, 4.69) is 47.1 Å². The molecule has 2 atom stereocenters. The molecule has 1 fully saturated rings. The van der Waals surface area contributed by atoms with E-state index in [1.807, 2.05) is 11.0 Å². The van der Waals surface area contributed by atoms with E-state index in [0.717, 1.165) is 32.4 Å². The number of hydrogen-bond acceptors (Lipinski definition) is 1. The van der Waals surface area contributed by atoms with Crippen molar-refractivity contribution in [3.63, 3.8) is 0 Å². The van der Waals surface area contributed by atoms with Crippen molar-refractivity contribution in [1.82, 2.24) is 4.90 Å². The van der Waals surface area contributed by atoms with Crippen LogP contribution in [0, 0.1) is 5.92 Å². The van der Waals surface area contributed by atoms with Crippen LogP contribution >= 0.6 is 15.9 Å². The van der Waals surface area contributed by atoms with Gasteiger partial charge in [0.2, 0.25) is 5.91 Å². The van der Waals surface area contributed by atoms with Crippen LogP contribution in [-0.4, -0.2) is 28.7 Å². The number of halogens is 1. The lowest BCUT2D eigenvalue weighted by molar-refractivity contribution is -0.132. The molecule has 2 rings (SSSR count). The van der Waals surface area contributed by atoms with Gasteiger partial charge in [0.25, 0.3) is 0 Å². The summed E-state index contributed by atoms with van der Waals surface area (Å²) in [6.45, 7) is 4.02. The molecule has 0 spiro atoms. The molecular weight excluding hydrogens is 302 g/mol. The van der Waals surface area contributed by atoms with Crippen LogP contribution in [0.3, 0.4) is 0 Å². The maximum absolute atomic E-state index is 12.2. The van der Waals surface area contributed by atoms with Crippen LogP contribution in [-0.2, 0) is 11.2 Å². The van der Waals surface area contributed by atoms with Gasteiger partial charge in [-0.25, -0.2) is 0 Å². The van der Waals surface area contributed by atoms with E-state index in [-0.39, 0.29) is 0 Å². The number of benzene rings is 1. The number of rotatable bonds is 4. The highest BCUT2D eigenvalue weighted by Gasteiger charge is 2.26. The number of alkyl halides is 1. The van der Waals surface area contributed by atoms with Gasteiger partial charge in [0.15, 0.2) is 0 Å². The highest BCUT2D eigenvalue weighted by Crippen LogP contribution is 2.23. The van der Waals surface area contributed by atoms with Crippen LogP contribution in [0.4, 0.5) is 0 Å². The number of piperidine rings is 1. The third kappa shape index (κ3) is 4.34. The fraction of sp³-hybridized carbons (Fsp3) is 0.562. The second-order valence-electron chi connectivity index (χ2n) is 5.46.